The summed E-state index contributed by atoms with van der Waals surface area (Å²) >= 11 is 0. The van der Waals surface area contributed by atoms with E-state index in [2.05, 4.69) is 215 Å². The molecule has 0 saturated heterocycles. The molecular weight excluding hydrogens is 693 g/mol. The molecule has 0 aliphatic carbocycles. The Balaban J connectivity index is 1.06. The van der Waals surface area contributed by atoms with Gasteiger partial charge in [-0.1, -0.05) is 164 Å². The van der Waals surface area contributed by atoms with Crippen molar-refractivity contribution < 1.29 is 4.42 Å². The highest BCUT2D eigenvalue weighted by atomic mass is 16.3. The van der Waals surface area contributed by atoms with Gasteiger partial charge >= 0.3 is 0 Å². The van der Waals surface area contributed by atoms with Crippen LogP contribution in [0.25, 0.3) is 110 Å². The van der Waals surface area contributed by atoms with Crippen LogP contribution in [0.4, 0.5) is 0 Å². The monoisotopic (exact) mass is 726 g/mol. The molecule has 0 spiro atoms. The van der Waals surface area contributed by atoms with Crippen molar-refractivity contribution in [1.29, 1.82) is 0 Å². The second-order valence-electron chi connectivity index (χ2n) is 14.9. The lowest BCUT2D eigenvalue weighted by Gasteiger charge is -2.10. The zero-order valence-corrected chi connectivity index (χ0v) is 30.9. The molecular formula is C54H34N2O. The molecule has 12 rings (SSSR count). The highest BCUT2D eigenvalue weighted by Gasteiger charge is 2.23. The number of benzene rings is 9. The number of para-hydroxylation sites is 5. The smallest absolute Gasteiger partial charge is 0.159 e. The van der Waals surface area contributed by atoms with E-state index in [0.29, 0.717) is 0 Å². The van der Waals surface area contributed by atoms with Gasteiger partial charge in [-0.3, -0.25) is 0 Å². The highest BCUT2D eigenvalue weighted by molar-refractivity contribution is 6.26. The minimum absolute atomic E-state index is 0.874. The van der Waals surface area contributed by atoms with Crippen LogP contribution in [0.2, 0.25) is 0 Å². The van der Waals surface area contributed by atoms with Crippen LogP contribution in [0.1, 0.15) is 0 Å². The topological polar surface area (TPSA) is 23.0 Å². The molecule has 0 aliphatic heterocycles. The van der Waals surface area contributed by atoms with Crippen LogP contribution < -0.4 is 0 Å². The summed E-state index contributed by atoms with van der Waals surface area (Å²) in [6.45, 7) is 0. The van der Waals surface area contributed by atoms with Gasteiger partial charge in [0.05, 0.1) is 27.8 Å². The minimum atomic E-state index is 0.874. The largest absolute Gasteiger partial charge is 0.453 e. The van der Waals surface area contributed by atoms with Crippen molar-refractivity contribution in [1.82, 2.24) is 9.13 Å². The fraction of sp³-hybridized carbons (Fsp3) is 0. The van der Waals surface area contributed by atoms with Crippen LogP contribution in [-0.4, -0.2) is 9.13 Å². The number of hydrogen-bond acceptors (Lipinski definition) is 1. The second kappa shape index (κ2) is 12.5. The summed E-state index contributed by atoms with van der Waals surface area (Å²) in [5.41, 5.74) is 15.6. The Morgan fingerprint density at radius 2 is 0.877 bits per heavy atom. The zero-order valence-electron chi connectivity index (χ0n) is 30.9. The first kappa shape index (κ1) is 31.7. The third kappa shape index (κ3) is 4.79. The summed E-state index contributed by atoms with van der Waals surface area (Å²) in [5, 5.41) is 7.13. The highest BCUT2D eigenvalue weighted by Crippen LogP contribution is 2.44. The molecule has 0 bridgehead atoms. The summed E-state index contributed by atoms with van der Waals surface area (Å²) in [4.78, 5) is 0. The van der Waals surface area contributed by atoms with Gasteiger partial charge in [-0.25, -0.2) is 0 Å². The number of fused-ring (bicyclic) bond motifs is 10. The number of hydrogen-bond donors (Lipinski definition) is 0. The molecule has 0 fully saturated rings. The molecule has 0 saturated carbocycles. The van der Waals surface area contributed by atoms with Crippen molar-refractivity contribution in [3.8, 4) is 44.8 Å². The Bertz CT molecular complexity index is 3490. The van der Waals surface area contributed by atoms with Crippen molar-refractivity contribution in [3.05, 3.63) is 206 Å². The van der Waals surface area contributed by atoms with Gasteiger partial charge in [0.1, 0.15) is 5.58 Å². The summed E-state index contributed by atoms with van der Waals surface area (Å²) in [5.74, 6) is 0. The molecule has 0 aliphatic rings. The maximum atomic E-state index is 7.10. The summed E-state index contributed by atoms with van der Waals surface area (Å²) in [6.07, 6.45) is 0. The van der Waals surface area contributed by atoms with E-state index >= 15 is 0 Å². The van der Waals surface area contributed by atoms with Crippen LogP contribution in [0.5, 0.6) is 0 Å². The van der Waals surface area contributed by atoms with Gasteiger partial charge in [-0.05, 0) is 70.3 Å². The Morgan fingerprint density at radius 1 is 0.316 bits per heavy atom. The van der Waals surface area contributed by atoms with Gasteiger partial charge in [-0.15, -0.1) is 0 Å². The average molecular weight is 727 g/mol. The van der Waals surface area contributed by atoms with E-state index in [-0.39, 0.29) is 0 Å². The van der Waals surface area contributed by atoms with Crippen LogP contribution >= 0.6 is 0 Å². The summed E-state index contributed by atoms with van der Waals surface area (Å²) in [7, 11) is 0. The maximum absolute atomic E-state index is 7.10. The normalized spacial score (nSPS) is 11.9. The van der Waals surface area contributed by atoms with Gasteiger partial charge in [0.25, 0.3) is 0 Å². The van der Waals surface area contributed by atoms with Crippen LogP contribution in [0.15, 0.2) is 211 Å². The lowest BCUT2D eigenvalue weighted by Crippen LogP contribution is -1.95. The van der Waals surface area contributed by atoms with Crippen molar-refractivity contribution in [2.75, 3.05) is 0 Å². The van der Waals surface area contributed by atoms with Crippen molar-refractivity contribution in [3.63, 3.8) is 0 Å². The maximum Gasteiger partial charge on any atom is 0.159 e. The lowest BCUT2D eigenvalue weighted by molar-refractivity contribution is 0.667. The quantitative estimate of drug-likeness (QED) is 0.173. The Morgan fingerprint density at radius 3 is 1.67 bits per heavy atom. The summed E-state index contributed by atoms with van der Waals surface area (Å²) < 4.78 is 11.9. The molecule has 9 aromatic carbocycles. The van der Waals surface area contributed by atoms with E-state index < -0.39 is 0 Å². The first-order chi connectivity index (χ1) is 28.3. The molecule has 0 atom stereocenters. The molecule has 3 aromatic heterocycles. The second-order valence-corrected chi connectivity index (χ2v) is 14.9. The van der Waals surface area contributed by atoms with Crippen molar-refractivity contribution in [2.24, 2.45) is 0 Å². The third-order valence-corrected chi connectivity index (χ3v) is 11.7. The van der Waals surface area contributed by atoms with Gasteiger partial charge in [0.15, 0.2) is 5.58 Å². The molecule has 3 nitrogen and oxygen atoms in total. The van der Waals surface area contributed by atoms with Gasteiger partial charge < -0.3 is 13.6 Å². The minimum Gasteiger partial charge on any atom is -0.453 e. The van der Waals surface area contributed by atoms with E-state index in [1.54, 1.807) is 0 Å². The standard InChI is InChI=1S/C54H34N2O/c1-3-14-35(15-4-1)36-28-30-37(31-29-36)38-16-11-17-39(34-38)41-22-12-23-44-45-24-13-27-50(54(45)57-53(41)44)56-48-26-10-8-21-46(48)51-49(56)33-32-43-42-20-7-9-25-47(42)55(52(43)51)40-18-5-2-6-19-40/h1-34H. The third-order valence-electron chi connectivity index (χ3n) is 11.7. The molecule has 3 heteroatoms. The number of furan rings is 1. The molecule has 266 valence electrons. The molecule has 3 heterocycles. The van der Waals surface area contributed by atoms with Gasteiger partial charge in [0.2, 0.25) is 0 Å². The molecule has 12 aromatic rings. The number of aromatic nitrogens is 2. The van der Waals surface area contributed by atoms with Crippen LogP contribution in [-0.2, 0) is 0 Å². The van der Waals surface area contributed by atoms with Gasteiger partial charge in [0, 0.05) is 43.6 Å². The zero-order chi connectivity index (χ0) is 37.5. The number of rotatable bonds is 5. The first-order valence-corrected chi connectivity index (χ1v) is 19.5. The molecule has 0 radical (unpaired) electrons. The van der Waals surface area contributed by atoms with E-state index in [1.807, 2.05) is 0 Å². The van der Waals surface area contributed by atoms with Gasteiger partial charge in [-0.2, -0.15) is 0 Å². The molecule has 57 heavy (non-hydrogen) atoms. The number of nitrogens with zero attached hydrogens (tertiary/aromatic N) is 2. The van der Waals surface area contributed by atoms with Crippen molar-refractivity contribution in [2.45, 2.75) is 0 Å². The predicted octanol–water partition coefficient (Wildman–Crippen LogP) is 14.8. The van der Waals surface area contributed by atoms with E-state index in [9.17, 15) is 0 Å². The average Bonchev–Trinajstić information content (AvgIpc) is 3.95. The summed E-state index contributed by atoms with van der Waals surface area (Å²) in [6, 6.07) is 74.1. The first-order valence-electron chi connectivity index (χ1n) is 19.5. The SMILES string of the molecule is c1ccc(-c2ccc(-c3cccc(-c4cccc5c4oc4c(-n6c7ccccc7c7c6ccc6c8ccccc8n(-c8ccccc8)c67)cccc45)c3)cc2)cc1. The Labute approximate surface area is 328 Å². The fourth-order valence-electron chi connectivity index (χ4n) is 9.17. The van der Waals surface area contributed by atoms with Crippen molar-refractivity contribution >= 4 is 65.6 Å². The fourth-order valence-corrected chi connectivity index (χ4v) is 9.17. The molecule has 0 unspecified atom stereocenters. The van der Waals surface area contributed by atoms with E-state index in [1.165, 1.54) is 54.8 Å². The Kier molecular flexibility index (Phi) is 6.93. The van der Waals surface area contributed by atoms with Crippen LogP contribution in [0, 0.1) is 0 Å². The van der Waals surface area contributed by atoms with Crippen LogP contribution in [0.3, 0.4) is 0 Å². The predicted molar refractivity (Wildman–Crippen MR) is 239 cm³/mol. The Hall–Kier alpha value is -7.62. The molecule has 0 amide bonds. The van der Waals surface area contributed by atoms with E-state index in [4.69, 9.17) is 4.42 Å². The van der Waals surface area contributed by atoms with E-state index in [0.717, 1.165) is 55.5 Å². The molecule has 0 N–H and O–H groups in total. The lowest BCUT2D eigenvalue weighted by atomic mass is 9.96.